The van der Waals surface area contributed by atoms with Crippen LogP contribution < -0.4 is 0 Å². The summed E-state index contributed by atoms with van der Waals surface area (Å²) in [5, 5.41) is 0. The molecule has 24 heavy (non-hydrogen) atoms. The largest absolute Gasteiger partial charge is 0.444 e. The van der Waals surface area contributed by atoms with Crippen LogP contribution in [0.15, 0.2) is 18.2 Å². The Labute approximate surface area is 145 Å². The van der Waals surface area contributed by atoms with E-state index in [1.54, 1.807) is 4.90 Å². The van der Waals surface area contributed by atoms with E-state index in [1.165, 1.54) is 16.7 Å². The minimum Gasteiger partial charge on any atom is -0.444 e. The fraction of sp³-hybridized carbons (Fsp3) is 0.632. The molecular weight excluding hydrogens is 302 g/mol. The molecule has 3 rings (SSSR count). The van der Waals surface area contributed by atoms with Gasteiger partial charge in [0.05, 0.1) is 0 Å². The SMILES string of the molecule is CN1CCN(Cc2ccc3c(c2)CN(C(=O)OC(C)(C)C)C3)CC1. The van der Waals surface area contributed by atoms with Crippen LogP contribution in [-0.2, 0) is 24.4 Å². The third kappa shape index (κ3) is 4.28. The number of hydrogen-bond acceptors (Lipinski definition) is 4. The number of rotatable bonds is 2. The molecule has 0 N–H and O–H groups in total. The van der Waals surface area contributed by atoms with Crippen molar-refractivity contribution in [2.45, 2.75) is 46.0 Å². The summed E-state index contributed by atoms with van der Waals surface area (Å²) in [6, 6.07) is 6.64. The van der Waals surface area contributed by atoms with Gasteiger partial charge in [-0.3, -0.25) is 9.80 Å². The van der Waals surface area contributed by atoms with Gasteiger partial charge in [-0.05, 0) is 44.5 Å². The quantitative estimate of drug-likeness (QED) is 0.835. The molecule has 1 amide bonds. The molecule has 0 saturated carbocycles. The Hall–Kier alpha value is -1.59. The molecule has 1 aromatic carbocycles. The second-order valence-corrected chi connectivity index (χ2v) is 8.02. The molecule has 0 aromatic heterocycles. The minimum absolute atomic E-state index is 0.223. The highest BCUT2D eigenvalue weighted by Gasteiger charge is 2.28. The highest BCUT2D eigenvalue weighted by Crippen LogP contribution is 2.26. The van der Waals surface area contributed by atoms with Crippen LogP contribution in [0.3, 0.4) is 0 Å². The van der Waals surface area contributed by atoms with Crippen LogP contribution in [0.1, 0.15) is 37.5 Å². The van der Waals surface area contributed by atoms with Crippen molar-refractivity contribution in [2.24, 2.45) is 0 Å². The molecule has 2 heterocycles. The lowest BCUT2D eigenvalue weighted by Gasteiger charge is -2.32. The van der Waals surface area contributed by atoms with E-state index in [-0.39, 0.29) is 6.09 Å². The van der Waals surface area contributed by atoms with Crippen molar-refractivity contribution in [1.82, 2.24) is 14.7 Å². The van der Waals surface area contributed by atoms with Crippen molar-refractivity contribution in [3.63, 3.8) is 0 Å². The van der Waals surface area contributed by atoms with Crippen molar-refractivity contribution in [2.75, 3.05) is 33.2 Å². The lowest BCUT2D eigenvalue weighted by molar-refractivity contribution is 0.0242. The van der Waals surface area contributed by atoms with Gasteiger partial charge in [-0.2, -0.15) is 0 Å². The number of hydrogen-bond donors (Lipinski definition) is 0. The smallest absolute Gasteiger partial charge is 0.410 e. The maximum absolute atomic E-state index is 12.3. The maximum atomic E-state index is 12.3. The van der Waals surface area contributed by atoms with Gasteiger partial charge >= 0.3 is 6.09 Å². The number of carbonyl (C=O) groups excluding carboxylic acids is 1. The fourth-order valence-corrected chi connectivity index (χ4v) is 3.27. The van der Waals surface area contributed by atoms with E-state index in [4.69, 9.17) is 4.74 Å². The monoisotopic (exact) mass is 331 g/mol. The highest BCUT2D eigenvalue weighted by atomic mass is 16.6. The molecular formula is C19H29N3O2. The van der Waals surface area contributed by atoms with Crippen LogP contribution in [-0.4, -0.2) is 59.6 Å². The topological polar surface area (TPSA) is 36.0 Å². The molecule has 0 radical (unpaired) electrons. The Morgan fingerprint density at radius 2 is 1.75 bits per heavy atom. The van der Waals surface area contributed by atoms with Gasteiger partial charge in [-0.1, -0.05) is 18.2 Å². The predicted octanol–water partition coefficient (Wildman–Crippen LogP) is 2.68. The van der Waals surface area contributed by atoms with E-state index in [1.807, 2.05) is 20.8 Å². The molecule has 5 heteroatoms. The number of amides is 1. The Morgan fingerprint density at radius 1 is 1.08 bits per heavy atom. The summed E-state index contributed by atoms with van der Waals surface area (Å²) in [6.45, 7) is 12.5. The maximum Gasteiger partial charge on any atom is 0.410 e. The molecule has 0 bridgehead atoms. The first kappa shape index (κ1) is 17.2. The van der Waals surface area contributed by atoms with Crippen LogP contribution in [0.4, 0.5) is 4.79 Å². The molecule has 1 saturated heterocycles. The van der Waals surface area contributed by atoms with Crippen LogP contribution in [0.2, 0.25) is 0 Å². The molecule has 2 aliphatic heterocycles. The molecule has 0 spiro atoms. The number of ether oxygens (including phenoxy) is 1. The van der Waals surface area contributed by atoms with E-state index < -0.39 is 5.60 Å². The van der Waals surface area contributed by atoms with Gasteiger partial charge in [0, 0.05) is 45.8 Å². The average molecular weight is 331 g/mol. The Balaban J connectivity index is 1.60. The Kier molecular flexibility index (Phi) is 4.83. The molecule has 0 aliphatic carbocycles. The summed E-state index contributed by atoms with van der Waals surface area (Å²) in [4.78, 5) is 18.9. The number of fused-ring (bicyclic) bond motifs is 1. The van der Waals surface area contributed by atoms with Gasteiger partial charge in [0.15, 0.2) is 0 Å². The van der Waals surface area contributed by atoms with Gasteiger partial charge < -0.3 is 9.64 Å². The van der Waals surface area contributed by atoms with Crippen molar-refractivity contribution in [3.05, 3.63) is 34.9 Å². The number of nitrogens with zero attached hydrogens (tertiary/aromatic N) is 3. The van der Waals surface area contributed by atoms with Gasteiger partial charge in [0.2, 0.25) is 0 Å². The van der Waals surface area contributed by atoms with Crippen LogP contribution in [0.5, 0.6) is 0 Å². The lowest BCUT2D eigenvalue weighted by Crippen LogP contribution is -2.43. The van der Waals surface area contributed by atoms with Gasteiger partial charge in [0.1, 0.15) is 5.60 Å². The Bertz CT molecular complexity index is 601. The van der Waals surface area contributed by atoms with Crippen LogP contribution in [0.25, 0.3) is 0 Å². The zero-order chi connectivity index (χ0) is 17.3. The van der Waals surface area contributed by atoms with Crippen molar-refractivity contribution in [1.29, 1.82) is 0 Å². The fourth-order valence-electron chi connectivity index (χ4n) is 3.27. The molecule has 1 fully saturated rings. The molecule has 5 nitrogen and oxygen atoms in total. The molecule has 0 atom stereocenters. The first-order valence-corrected chi connectivity index (χ1v) is 8.80. The van der Waals surface area contributed by atoms with Crippen LogP contribution in [0, 0.1) is 0 Å². The van der Waals surface area contributed by atoms with Gasteiger partial charge in [-0.15, -0.1) is 0 Å². The summed E-state index contributed by atoms with van der Waals surface area (Å²) >= 11 is 0. The summed E-state index contributed by atoms with van der Waals surface area (Å²) in [5.41, 5.74) is 3.39. The zero-order valence-corrected chi connectivity index (χ0v) is 15.3. The first-order chi connectivity index (χ1) is 11.3. The number of likely N-dealkylation sites (N-methyl/N-ethyl adjacent to an activating group) is 1. The van der Waals surface area contributed by atoms with E-state index in [0.717, 1.165) is 32.7 Å². The van der Waals surface area contributed by atoms with Gasteiger partial charge in [-0.25, -0.2) is 4.79 Å². The zero-order valence-electron chi connectivity index (χ0n) is 15.3. The third-order valence-electron chi connectivity index (χ3n) is 4.65. The van der Waals surface area contributed by atoms with E-state index in [9.17, 15) is 4.79 Å². The second kappa shape index (κ2) is 6.73. The number of piperazine rings is 1. The molecule has 2 aliphatic rings. The molecule has 0 unspecified atom stereocenters. The summed E-state index contributed by atoms with van der Waals surface area (Å²) in [5.74, 6) is 0. The predicted molar refractivity (Wildman–Crippen MR) is 94.7 cm³/mol. The average Bonchev–Trinajstić information content (AvgIpc) is 2.91. The molecule has 1 aromatic rings. The highest BCUT2D eigenvalue weighted by molar-refractivity contribution is 5.69. The third-order valence-corrected chi connectivity index (χ3v) is 4.65. The Morgan fingerprint density at radius 3 is 2.42 bits per heavy atom. The lowest BCUT2D eigenvalue weighted by atomic mass is 10.1. The van der Waals surface area contributed by atoms with Crippen molar-refractivity contribution in [3.8, 4) is 0 Å². The summed E-state index contributed by atoms with van der Waals surface area (Å²) in [7, 11) is 2.18. The van der Waals surface area contributed by atoms with E-state index in [2.05, 4.69) is 35.0 Å². The number of benzene rings is 1. The van der Waals surface area contributed by atoms with Crippen LogP contribution >= 0.6 is 0 Å². The van der Waals surface area contributed by atoms with E-state index in [0.29, 0.717) is 13.1 Å². The van der Waals surface area contributed by atoms with Crippen molar-refractivity contribution < 1.29 is 9.53 Å². The normalized spacial score (nSPS) is 19.4. The minimum atomic E-state index is -0.446. The second-order valence-electron chi connectivity index (χ2n) is 8.02. The first-order valence-electron chi connectivity index (χ1n) is 8.80. The van der Waals surface area contributed by atoms with E-state index >= 15 is 0 Å². The molecule has 132 valence electrons. The standard InChI is InChI=1S/C19H29N3O2/c1-19(2,3)24-18(23)22-13-16-6-5-15(11-17(16)14-22)12-21-9-7-20(4)8-10-21/h5-6,11H,7-10,12-14H2,1-4H3. The van der Waals surface area contributed by atoms with Gasteiger partial charge in [0.25, 0.3) is 0 Å². The summed E-state index contributed by atoms with van der Waals surface area (Å²) in [6.07, 6.45) is -0.223. The van der Waals surface area contributed by atoms with Crippen molar-refractivity contribution >= 4 is 6.09 Å². The summed E-state index contributed by atoms with van der Waals surface area (Å²) < 4.78 is 5.49. The number of carbonyl (C=O) groups is 1.